The van der Waals surface area contributed by atoms with Crippen LogP contribution < -0.4 is 10.6 Å². The maximum Gasteiger partial charge on any atom is 0.253 e. The van der Waals surface area contributed by atoms with Gasteiger partial charge in [0, 0.05) is 17.9 Å². The predicted octanol–water partition coefficient (Wildman–Crippen LogP) is 4.52. The molecule has 158 valence electrons. The molecule has 0 aromatic heterocycles. The number of carbonyl (C=O) groups is 2. The highest BCUT2D eigenvalue weighted by atomic mass is 16.5. The molecule has 0 saturated carbocycles. The summed E-state index contributed by atoms with van der Waals surface area (Å²) in [5, 5.41) is 6.02. The lowest BCUT2D eigenvalue weighted by Gasteiger charge is -2.20. The number of anilines is 1. The fourth-order valence-electron chi connectivity index (χ4n) is 3.77. The Morgan fingerprint density at radius 1 is 0.935 bits per heavy atom. The molecule has 2 N–H and O–H groups in total. The van der Waals surface area contributed by atoms with Crippen LogP contribution >= 0.6 is 0 Å². The second-order valence-electron chi connectivity index (χ2n) is 7.70. The molecule has 0 aliphatic carbocycles. The standard InChI is InChI=1S/C26H26N2O3/c29-25(21-13-7-14-22(18-21)27-26(30)24-15-8-16-31-24)28-23(20-11-5-2-6-12-20)17-19-9-3-1-4-10-19/h1-7,9-14,18,23-24H,8,15-17H2,(H,27,30)(H,28,29). The fourth-order valence-corrected chi connectivity index (χ4v) is 3.77. The van der Waals surface area contributed by atoms with E-state index in [1.165, 1.54) is 0 Å². The molecule has 2 amide bonds. The van der Waals surface area contributed by atoms with Crippen LogP contribution in [0.4, 0.5) is 5.69 Å². The average molecular weight is 415 g/mol. The molecule has 2 atom stereocenters. The van der Waals surface area contributed by atoms with Gasteiger partial charge < -0.3 is 15.4 Å². The summed E-state index contributed by atoms with van der Waals surface area (Å²) in [5.74, 6) is -0.348. The number of amides is 2. The minimum absolute atomic E-state index is 0.165. The molecule has 4 rings (SSSR count). The van der Waals surface area contributed by atoms with Crippen molar-refractivity contribution in [1.82, 2.24) is 5.32 Å². The van der Waals surface area contributed by atoms with Gasteiger partial charge in [0.05, 0.1) is 6.04 Å². The van der Waals surface area contributed by atoms with Crippen LogP contribution in [-0.4, -0.2) is 24.5 Å². The van der Waals surface area contributed by atoms with E-state index in [0.29, 0.717) is 24.3 Å². The van der Waals surface area contributed by atoms with E-state index >= 15 is 0 Å². The monoisotopic (exact) mass is 414 g/mol. The van der Waals surface area contributed by atoms with Crippen LogP contribution in [0.2, 0.25) is 0 Å². The van der Waals surface area contributed by atoms with Crippen LogP contribution in [0.3, 0.4) is 0 Å². The van der Waals surface area contributed by atoms with Crippen molar-refractivity contribution in [2.75, 3.05) is 11.9 Å². The third-order valence-corrected chi connectivity index (χ3v) is 5.40. The summed E-state index contributed by atoms with van der Waals surface area (Å²) in [6.07, 6.45) is 1.89. The van der Waals surface area contributed by atoms with Crippen molar-refractivity contribution in [1.29, 1.82) is 0 Å². The zero-order chi connectivity index (χ0) is 21.5. The lowest BCUT2D eigenvalue weighted by molar-refractivity contribution is -0.124. The van der Waals surface area contributed by atoms with Crippen molar-refractivity contribution in [3.8, 4) is 0 Å². The molecule has 0 bridgehead atoms. The summed E-state index contributed by atoms with van der Waals surface area (Å²) in [4.78, 5) is 25.4. The summed E-state index contributed by atoms with van der Waals surface area (Å²) < 4.78 is 5.43. The van der Waals surface area contributed by atoms with Gasteiger partial charge in [0.25, 0.3) is 11.8 Å². The quantitative estimate of drug-likeness (QED) is 0.597. The Hall–Kier alpha value is -3.44. The van der Waals surface area contributed by atoms with E-state index in [4.69, 9.17) is 4.74 Å². The average Bonchev–Trinajstić information content (AvgIpc) is 3.35. The predicted molar refractivity (Wildman–Crippen MR) is 121 cm³/mol. The maximum absolute atomic E-state index is 13.1. The first kappa shape index (κ1) is 20.8. The zero-order valence-electron chi connectivity index (χ0n) is 17.3. The lowest BCUT2D eigenvalue weighted by Crippen LogP contribution is -2.30. The first-order chi connectivity index (χ1) is 15.2. The van der Waals surface area contributed by atoms with Gasteiger partial charge in [-0.15, -0.1) is 0 Å². The normalized spacial score (nSPS) is 16.5. The van der Waals surface area contributed by atoms with Crippen LogP contribution in [0.5, 0.6) is 0 Å². The molecule has 3 aromatic carbocycles. The van der Waals surface area contributed by atoms with Gasteiger partial charge in [0.2, 0.25) is 0 Å². The Bertz CT molecular complexity index is 1020. The van der Waals surface area contributed by atoms with Crippen LogP contribution in [0, 0.1) is 0 Å². The number of hydrogen-bond acceptors (Lipinski definition) is 3. The van der Waals surface area contributed by atoms with Crippen LogP contribution in [0.1, 0.15) is 40.4 Å². The highest BCUT2D eigenvalue weighted by Crippen LogP contribution is 2.20. The third-order valence-electron chi connectivity index (χ3n) is 5.40. The van der Waals surface area contributed by atoms with Gasteiger partial charge in [-0.3, -0.25) is 9.59 Å². The van der Waals surface area contributed by atoms with E-state index in [2.05, 4.69) is 22.8 Å². The van der Waals surface area contributed by atoms with Gasteiger partial charge in [-0.05, 0) is 48.6 Å². The van der Waals surface area contributed by atoms with E-state index in [1.54, 1.807) is 24.3 Å². The molecule has 1 saturated heterocycles. The Morgan fingerprint density at radius 3 is 2.39 bits per heavy atom. The van der Waals surface area contributed by atoms with Crippen molar-refractivity contribution >= 4 is 17.5 Å². The van der Waals surface area contributed by atoms with Crippen LogP contribution in [-0.2, 0) is 16.0 Å². The highest BCUT2D eigenvalue weighted by Gasteiger charge is 2.24. The third kappa shape index (κ3) is 5.58. The topological polar surface area (TPSA) is 67.4 Å². The first-order valence-electron chi connectivity index (χ1n) is 10.6. The molecular weight excluding hydrogens is 388 g/mol. The molecule has 1 fully saturated rings. The van der Waals surface area contributed by atoms with Crippen LogP contribution in [0.15, 0.2) is 84.9 Å². The molecule has 5 nitrogen and oxygen atoms in total. The highest BCUT2D eigenvalue weighted by molar-refractivity contribution is 5.98. The van der Waals surface area contributed by atoms with Gasteiger partial charge in [-0.25, -0.2) is 0 Å². The minimum atomic E-state index is -0.411. The number of ether oxygens (including phenoxy) is 1. The second kappa shape index (κ2) is 10.0. The zero-order valence-corrected chi connectivity index (χ0v) is 17.3. The summed E-state index contributed by atoms with van der Waals surface area (Å²) in [5.41, 5.74) is 3.28. The summed E-state index contributed by atoms with van der Waals surface area (Å²) in [6.45, 7) is 0.614. The van der Waals surface area contributed by atoms with Crippen LogP contribution in [0.25, 0.3) is 0 Å². The fraction of sp³-hybridized carbons (Fsp3) is 0.231. The molecular formula is C26H26N2O3. The maximum atomic E-state index is 13.1. The molecule has 5 heteroatoms. The molecule has 0 spiro atoms. The number of nitrogens with one attached hydrogen (secondary N) is 2. The molecule has 2 unspecified atom stereocenters. The van der Waals surface area contributed by atoms with Crippen molar-refractivity contribution in [2.45, 2.75) is 31.4 Å². The summed E-state index contributed by atoms with van der Waals surface area (Å²) in [6, 6.07) is 26.9. The van der Waals surface area contributed by atoms with E-state index < -0.39 is 6.10 Å². The van der Waals surface area contributed by atoms with E-state index in [9.17, 15) is 9.59 Å². The van der Waals surface area contributed by atoms with Gasteiger partial charge in [-0.1, -0.05) is 66.7 Å². The van der Waals surface area contributed by atoms with Gasteiger partial charge in [0.15, 0.2) is 0 Å². The van der Waals surface area contributed by atoms with Gasteiger partial charge in [-0.2, -0.15) is 0 Å². The van der Waals surface area contributed by atoms with Crippen molar-refractivity contribution in [2.24, 2.45) is 0 Å². The summed E-state index contributed by atoms with van der Waals surface area (Å²) in [7, 11) is 0. The van der Waals surface area contributed by atoms with E-state index in [0.717, 1.165) is 24.0 Å². The molecule has 3 aromatic rings. The van der Waals surface area contributed by atoms with Gasteiger partial charge in [0.1, 0.15) is 6.10 Å². The van der Waals surface area contributed by atoms with E-state index in [-0.39, 0.29) is 17.9 Å². The Kier molecular flexibility index (Phi) is 6.75. The van der Waals surface area contributed by atoms with Crippen molar-refractivity contribution in [3.05, 3.63) is 102 Å². The molecule has 0 radical (unpaired) electrons. The first-order valence-corrected chi connectivity index (χ1v) is 10.6. The Morgan fingerprint density at radius 2 is 1.68 bits per heavy atom. The Balaban J connectivity index is 1.48. The van der Waals surface area contributed by atoms with Crippen molar-refractivity contribution in [3.63, 3.8) is 0 Å². The number of hydrogen-bond donors (Lipinski definition) is 2. The number of rotatable bonds is 7. The Labute approximate surface area is 182 Å². The smallest absolute Gasteiger partial charge is 0.253 e. The molecule has 31 heavy (non-hydrogen) atoms. The number of benzene rings is 3. The second-order valence-corrected chi connectivity index (χ2v) is 7.70. The summed E-state index contributed by atoms with van der Waals surface area (Å²) >= 11 is 0. The molecule has 1 heterocycles. The number of carbonyl (C=O) groups excluding carboxylic acids is 2. The minimum Gasteiger partial charge on any atom is -0.368 e. The van der Waals surface area contributed by atoms with Crippen molar-refractivity contribution < 1.29 is 14.3 Å². The van der Waals surface area contributed by atoms with E-state index in [1.807, 2.05) is 48.5 Å². The lowest BCUT2D eigenvalue weighted by atomic mass is 9.98. The van der Waals surface area contributed by atoms with Gasteiger partial charge >= 0.3 is 0 Å². The SMILES string of the molecule is O=C(NC(Cc1ccccc1)c1ccccc1)c1cccc(NC(=O)C2CCCO2)c1. The molecule has 1 aliphatic heterocycles. The molecule has 1 aliphatic rings. The largest absolute Gasteiger partial charge is 0.368 e.